The van der Waals surface area contributed by atoms with Crippen LogP contribution in [0, 0.1) is 0 Å². The first-order valence-corrected chi connectivity index (χ1v) is 22.5. The Kier molecular flexibility index (Phi) is 21.4. The zero-order valence-electron chi connectivity index (χ0n) is 36.5. The number of nitrogens with zero attached hydrogens (tertiary/aromatic N) is 2. The molecule has 2 heterocycles. The summed E-state index contributed by atoms with van der Waals surface area (Å²) in [5.41, 5.74) is -0.195. The third-order valence-electron chi connectivity index (χ3n) is 12.4. The molecular formula is C46H88N2O4. The highest BCUT2D eigenvalue weighted by molar-refractivity contribution is 5.77. The molecular weight excluding hydrogens is 645 g/mol. The normalized spacial score (nSPS) is 20.6. The minimum atomic E-state index is -0.274. The summed E-state index contributed by atoms with van der Waals surface area (Å²) in [6, 6.07) is 0. The molecule has 2 saturated heterocycles. The lowest BCUT2D eigenvalue weighted by atomic mass is 9.77. The molecule has 0 amide bonds. The van der Waals surface area contributed by atoms with Crippen molar-refractivity contribution in [3.63, 3.8) is 0 Å². The summed E-state index contributed by atoms with van der Waals surface area (Å²) in [5, 5.41) is 0. The van der Waals surface area contributed by atoms with Crippen LogP contribution in [0.5, 0.6) is 0 Å². The molecule has 0 spiro atoms. The molecule has 52 heavy (non-hydrogen) atoms. The number of rotatable bonds is 27. The van der Waals surface area contributed by atoms with Crippen LogP contribution in [0.2, 0.25) is 0 Å². The fourth-order valence-electron chi connectivity index (χ4n) is 10.0. The molecule has 0 aliphatic carbocycles. The molecule has 2 rings (SSSR count). The monoisotopic (exact) mass is 733 g/mol. The summed E-state index contributed by atoms with van der Waals surface area (Å²) in [5.74, 6) is -0.549. The molecule has 0 radical (unpaired) electrons. The number of hydrogen-bond donors (Lipinski definition) is 0. The predicted octanol–water partition coefficient (Wildman–Crippen LogP) is 12.7. The van der Waals surface area contributed by atoms with Crippen LogP contribution in [0.25, 0.3) is 0 Å². The Labute approximate surface area is 323 Å². The maximum atomic E-state index is 13.0. The number of likely N-dealkylation sites (tertiary alicyclic amines) is 2. The number of unbranched alkanes of at least 4 members (excludes halogenated alkanes) is 18. The Bertz CT molecular complexity index is 875. The standard InChI is InChI=1S/C46H88N2O4/c1-11-13-15-17-19-21-23-25-27-29-33-47-43(3,4)35-39(36-44(47,5)6)51-41(49)31-32-42(50)52-40-37-45(7,8)48(46(9,10)38-40)34-30-28-26-24-22-20-18-16-14-12-2/h39-40H,11-38H2,1-10H3. The molecule has 2 fully saturated rings. The van der Waals surface area contributed by atoms with E-state index in [9.17, 15) is 9.59 Å². The van der Waals surface area contributed by atoms with Crippen LogP contribution < -0.4 is 0 Å². The largest absolute Gasteiger partial charge is 0.462 e. The van der Waals surface area contributed by atoms with Crippen LogP contribution in [-0.4, -0.2) is 69.2 Å². The van der Waals surface area contributed by atoms with Gasteiger partial charge in [0, 0.05) is 47.8 Å². The Balaban J connectivity index is 1.70. The molecule has 0 saturated carbocycles. The van der Waals surface area contributed by atoms with Gasteiger partial charge in [-0.2, -0.15) is 0 Å². The molecule has 6 heteroatoms. The lowest BCUT2D eigenvalue weighted by molar-refractivity contribution is -0.167. The number of carbonyl (C=O) groups excluding carboxylic acids is 2. The van der Waals surface area contributed by atoms with Crippen molar-refractivity contribution in [3.8, 4) is 0 Å². The van der Waals surface area contributed by atoms with Gasteiger partial charge in [-0.15, -0.1) is 0 Å². The first-order valence-electron chi connectivity index (χ1n) is 22.5. The molecule has 0 bridgehead atoms. The van der Waals surface area contributed by atoms with E-state index in [0.717, 1.165) is 38.8 Å². The molecule has 0 aromatic rings. The zero-order valence-corrected chi connectivity index (χ0v) is 36.5. The summed E-state index contributed by atoms with van der Waals surface area (Å²) in [7, 11) is 0. The topological polar surface area (TPSA) is 59.1 Å². The van der Waals surface area contributed by atoms with E-state index in [1.54, 1.807) is 0 Å². The smallest absolute Gasteiger partial charge is 0.306 e. The first kappa shape index (κ1) is 47.0. The van der Waals surface area contributed by atoms with Crippen molar-refractivity contribution >= 4 is 11.9 Å². The van der Waals surface area contributed by atoms with Crippen molar-refractivity contribution in [1.82, 2.24) is 9.80 Å². The van der Waals surface area contributed by atoms with Gasteiger partial charge in [0.15, 0.2) is 0 Å². The molecule has 0 atom stereocenters. The molecule has 0 aromatic heterocycles. The minimum Gasteiger partial charge on any atom is -0.462 e. The fraction of sp³-hybridized carbons (Fsp3) is 0.957. The average Bonchev–Trinajstić information content (AvgIpc) is 3.02. The van der Waals surface area contributed by atoms with E-state index < -0.39 is 0 Å². The van der Waals surface area contributed by atoms with E-state index in [2.05, 4.69) is 79.0 Å². The van der Waals surface area contributed by atoms with Crippen molar-refractivity contribution in [3.05, 3.63) is 0 Å². The Morgan fingerprint density at radius 1 is 0.423 bits per heavy atom. The van der Waals surface area contributed by atoms with Crippen molar-refractivity contribution in [2.45, 2.75) is 271 Å². The second kappa shape index (κ2) is 23.7. The van der Waals surface area contributed by atoms with E-state index in [0.29, 0.717) is 0 Å². The summed E-state index contributed by atoms with van der Waals surface area (Å²) in [6.07, 6.45) is 30.2. The zero-order chi connectivity index (χ0) is 38.7. The number of carbonyl (C=O) groups is 2. The second-order valence-electron chi connectivity index (χ2n) is 19.5. The predicted molar refractivity (Wildman–Crippen MR) is 221 cm³/mol. The SMILES string of the molecule is CCCCCCCCCCCCN1C(C)(C)CC(OC(=O)CCC(=O)OC2CC(C)(C)N(CCCCCCCCCCCC)C(C)(C)C2)CC1(C)C. The lowest BCUT2D eigenvalue weighted by Gasteiger charge is -2.55. The summed E-state index contributed by atoms with van der Waals surface area (Å²) >= 11 is 0. The summed E-state index contributed by atoms with van der Waals surface area (Å²) in [6.45, 7) is 25.1. The van der Waals surface area contributed by atoms with E-state index >= 15 is 0 Å². The fourth-order valence-corrected chi connectivity index (χ4v) is 10.0. The van der Waals surface area contributed by atoms with Gasteiger partial charge in [-0.3, -0.25) is 19.4 Å². The van der Waals surface area contributed by atoms with E-state index in [4.69, 9.17) is 9.47 Å². The van der Waals surface area contributed by atoms with Crippen molar-refractivity contribution in [2.75, 3.05) is 13.1 Å². The first-order chi connectivity index (χ1) is 24.5. The quantitative estimate of drug-likeness (QED) is 0.0619. The van der Waals surface area contributed by atoms with Gasteiger partial charge in [-0.25, -0.2) is 0 Å². The van der Waals surface area contributed by atoms with Gasteiger partial charge in [-0.05, 0) is 81.3 Å². The number of esters is 2. The number of piperidine rings is 2. The molecule has 0 unspecified atom stereocenters. The molecule has 0 N–H and O–H groups in total. The Morgan fingerprint density at radius 2 is 0.654 bits per heavy atom. The van der Waals surface area contributed by atoms with Gasteiger partial charge < -0.3 is 9.47 Å². The second-order valence-corrected chi connectivity index (χ2v) is 19.5. The third-order valence-corrected chi connectivity index (χ3v) is 12.4. The van der Waals surface area contributed by atoms with Gasteiger partial charge in [0.05, 0.1) is 12.8 Å². The molecule has 6 nitrogen and oxygen atoms in total. The Morgan fingerprint density at radius 3 is 0.904 bits per heavy atom. The maximum absolute atomic E-state index is 13.0. The van der Waals surface area contributed by atoms with Gasteiger partial charge in [0.25, 0.3) is 0 Å². The van der Waals surface area contributed by atoms with Crippen LogP contribution in [0.15, 0.2) is 0 Å². The highest BCUT2D eigenvalue weighted by Gasteiger charge is 2.47. The van der Waals surface area contributed by atoms with E-state index in [1.165, 1.54) is 128 Å². The van der Waals surface area contributed by atoms with Crippen molar-refractivity contribution < 1.29 is 19.1 Å². The van der Waals surface area contributed by atoms with Gasteiger partial charge >= 0.3 is 11.9 Å². The van der Waals surface area contributed by atoms with Crippen LogP contribution in [0.3, 0.4) is 0 Å². The van der Waals surface area contributed by atoms with E-state index in [1.807, 2.05) is 0 Å². The number of ether oxygens (including phenoxy) is 2. The van der Waals surface area contributed by atoms with Gasteiger partial charge in [0.1, 0.15) is 12.2 Å². The van der Waals surface area contributed by atoms with Gasteiger partial charge in [0.2, 0.25) is 0 Å². The van der Waals surface area contributed by atoms with Crippen molar-refractivity contribution in [1.29, 1.82) is 0 Å². The van der Waals surface area contributed by atoms with Crippen LogP contribution in [-0.2, 0) is 19.1 Å². The average molecular weight is 733 g/mol. The highest BCUT2D eigenvalue weighted by atomic mass is 16.6. The lowest BCUT2D eigenvalue weighted by Crippen LogP contribution is -2.62. The van der Waals surface area contributed by atoms with Crippen LogP contribution in [0.1, 0.15) is 236 Å². The van der Waals surface area contributed by atoms with Crippen LogP contribution >= 0.6 is 0 Å². The maximum Gasteiger partial charge on any atom is 0.306 e. The molecule has 0 aromatic carbocycles. The molecule has 2 aliphatic heterocycles. The number of hydrogen-bond acceptors (Lipinski definition) is 6. The van der Waals surface area contributed by atoms with Crippen molar-refractivity contribution in [2.24, 2.45) is 0 Å². The molecule has 306 valence electrons. The van der Waals surface area contributed by atoms with E-state index in [-0.39, 0.29) is 59.1 Å². The molecule has 2 aliphatic rings. The van der Waals surface area contributed by atoms with Crippen LogP contribution in [0.4, 0.5) is 0 Å². The third kappa shape index (κ3) is 17.5. The highest BCUT2D eigenvalue weighted by Crippen LogP contribution is 2.41. The summed E-state index contributed by atoms with van der Waals surface area (Å²) < 4.78 is 12.1. The Hall–Kier alpha value is -1.14. The van der Waals surface area contributed by atoms with Gasteiger partial charge in [-0.1, -0.05) is 129 Å². The minimum absolute atomic E-state index is 0.0487. The summed E-state index contributed by atoms with van der Waals surface area (Å²) in [4.78, 5) is 31.3.